The Morgan fingerprint density at radius 3 is 2.82 bits per heavy atom. The number of nitrogens with zero attached hydrogens (tertiary/aromatic N) is 3. The fourth-order valence-corrected chi connectivity index (χ4v) is 4.17. The van der Waals surface area contributed by atoms with Crippen LogP contribution in [0.4, 0.5) is 11.5 Å². The lowest BCUT2D eigenvalue weighted by Crippen LogP contribution is -2.57. The monoisotopic (exact) mass is 454 g/mol. The van der Waals surface area contributed by atoms with Gasteiger partial charge in [-0.2, -0.15) is 0 Å². The summed E-state index contributed by atoms with van der Waals surface area (Å²) in [6.45, 7) is 4.51. The molecular weight excluding hydrogens is 424 g/mol. The van der Waals surface area contributed by atoms with Crippen LogP contribution in [0.1, 0.15) is 31.0 Å². The highest BCUT2D eigenvalue weighted by atomic mass is 16.5. The molecule has 2 fully saturated rings. The minimum absolute atomic E-state index is 0.0658. The number of methoxy groups -OCH3 is 1. The Labute approximate surface area is 192 Å². The van der Waals surface area contributed by atoms with Crippen LogP contribution in [0.3, 0.4) is 0 Å². The molecule has 2 aliphatic heterocycles. The number of rotatable bonds is 7. The zero-order valence-electron chi connectivity index (χ0n) is 19.0. The number of carbonyl (C=O) groups excluding carboxylic acids is 1. The van der Waals surface area contributed by atoms with Gasteiger partial charge in [-0.1, -0.05) is 0 Å². The number of benzene rings is 1. The van der Waals surface area contributed by atoms with E-state index in [2.05, 4.69) is 20.2 Å². The molecule has 1 aromatic heterocycles. The molecule has 1 aromatic carbocycles. The van der Waals surface area contributed by atoms with Crippen molar-refractivity contribution in [3.8, 4) is 5.75 Å². The number of nitrogen functional groups attached to an aromatic ring is 1. The Kier molecular flexibility index (Phi) is 6.75. The second-order valence-electron chi connectivity index (χ2n) is 8.50. The van der Waals surface area contributed by atoms with E-state index in [0.717, 1.165) is 31.7 Å². The van der Waals surface area contributed by atoms with Crippen molar-refractivity contribution in [2.24, 2.45) is 0 Å². The predicted octanol–water partition coefficient (Wildman–Crippen LogP) is 1.37. The van der Waals surface area contributed by atoms with E-state index in [9.17, 15) is 4.79 Å². The van der Waals surface area contributed by atoms with Gasteiger partial charge in [0.15, 0.2) is 0 Å². The molecule has 0 saturated carbocycles. The van der Waals surface area contributed by atoms with Crippen LogP contribution in [0.15, 0.2) is 30.6 Å². The first-order valence-corrected chi connectivity index (χ1v) is 11.0. The van der Waals surface area contributed by atoms with Crippen LogP contribution >= 0.6 is 0 Å². The van der Waals surface area contributed by atoms with Crippen molar-refractivity contribution in [1.82, 2.24) is 15.3 Å². The van der Waals surface area contributed by atoms with Crippen LogP contribution in [0.5, 0.6) is 5.75 Å². The normalized spacial score (nSPS) is 18.6. The standard InChI is InChI=1S/C23H30N6O4/c1-15(11-31-2)33-16-3-4-18(24)17(9-16)22(25)19-10-20(28-14-27-19)29-7-5-23(6-8-29)13-26-21(30)12-32-23/h3-4,9-10,14-15,25H,5-8,11-13,24H2,1-2H3,(H,26,30)/t15-/m0/s1. The van der Waals surface area contributed by atoms with Gasteiger partial charge in [-0.25, -0.2) is 9.97 Å². The Morgan fingerprint density at radius 2 is 2.12 bits per heavy atom. The average Bonchev–Trinajstić information content (AvgIpc) is 2.83. The summed E-state index contributed by atoms with van der Waals surface area (Å²) in [6, 6.07) is 7.08. The molecule has 176 valence electrons. The van der Waals surface area contributed by atoms with E-state index in [1.54, 1.807) is 25.3 Å². The summed E-state index contributed by atoms with van der Waals surface area (Å²) >= 11 is 0. The second-order valence-corrected chi connectivity index (χ2v) is 8.50. The number of carbonyl (C=O) groups is 1. The van der Waals surface area contributed by atoms with Crippen LogP contribution in [0, 0.1) is 5.41 Å². The quantitative estimate of drug-likeness (QED) is 0.422. The third-order valence-corrected chi connectivity index (χ3v) is 6.06. The van der Waals surface area contributed by atoms with Crippen LogP contribution < -0.4 is 20.7 Å². The summed E-state index contributed by atoms with van der Waals surface area (Å²) in [7, 11) is 1.62. The summed E-state index contributed by atoms with van der Waals surface area (Å²) in [6.07, 6.45) is 2.92. The first kappa shape index (κ1) is 22.9. The summed E-state index contributed by atoms with van der Waals surface area (Å²) in [5.41, 5.74) is 7.57. The maximum atomic E-state index is 11.4. The van der Waals surface area contributed by atoms with E-state index in [0.29, 0.717) is 35.8 Å². The fraction of sp³-hybridized carbons (Fsp3) is 0.478. The van der Waals surface area contributed by atoms with Crippen LogP contribution in [-0.2, 0) is 14.3 Å². The Morgan fingerprint density at radius 1 is 1.33 bits per heavy atom. The first-order chi connectivity index (χ1) is 15.9. The molecule has 33 heavy (non-hydrogen) atoms. The largest absolute Gasteiger partial charge is 0.488 e. The molecule has 4 rings (SSSR count). The van der Waals surface area contributed by atoms with E-state index in [1.807, 2.05) is 13.0 Å². The molecule has 1 amide bonds. The molecule has 1 spiro atoms. The lowest BCUT2D eigenvalue weighted by molar-refractivity contribution is -0.146. The van der Waals surface area contributed by atoms with Crippen molar-refractivity contribution in [3.63, 3.8) is 0 Å². The van der Waals surface area contributed by atoms with E-state index >= 15 is 0 Å². The van der Waals surface area contributed by atoms with Gasteiger partial charge in [-0.3, -0.25) is 10.2 Å². The van der Waals surface area contributed by atoms with Gasteiger partial charge < -0.3 is 30.2 Å². The Balaban J connectivity index is 1.47. The van der Waals surface area contributed by atoms with E-state index in [4.69, 9.17) is 25.4 Å². The molecule has 0 aliphatic carbocycles. The highest BCUT2D eigenvalue weighted by Crippen LogP contribution is 2.30. The van der Waals surface area contributed by atoms with Crippen molar-refractivity contribution in [3.05, 3.63) is 41.9 Å². The first-order valence-electron chi connectivity index (χ1n) is 11.0. The summed E-state index contributed by atoms with van der Waals surface area (Å²) in [5.74, 6) is 1.30. The molecule has 2 aromatic rings. The predicted molar refractivity (Wildman–Crippen MR) is 124 cm³/mol. The highest BCUT2D eigenvalue weighted by molar-refractivity contribution is 6.13. The molecule has 1 atom stereocenters. The lowest BCUT2D eigenvalue weighted by Gasteiger charge is -2.43. The minimum Gasteiger partial charge on any atom is -0.488 e. The summed E-state index contributed by atoms with van der Waals surface area (Å²) < 4.78 is 16.8. The van der Waals surface area contributed by atoms with Crippen LogP contribution in [0.2, 0.25) is 0 Å². The van der Waals surface area contributed by atoms with Crippen molar-refractivity contribution >= 4 is 23.1 Å². The zero-order valence-corrected chi connectivity index (χ0v) is 19.0. The van der Waals surface area contributed by atoms with E-state index < -0.39 is 0 Å². The molecule has 4 N–H and O–H groups in total. The second kappa shape index (κ2) is 9.72. The summed E-state index contributed by atoms with van der Waals surface area (Å²) in [4.78, 5) is 22.3. The van der Waals surface area contributed by atoms with Gasteiger partial charge in [0.1, 0.15) is 30.6 Å². The summed E-state index contributed by atoms with van der Waals surface area (Å²) in [5, 5.41) is 11.6. The highest BCUT2D eigenvalue weighted by Gasteiger charge is 2.39. The zero-order chi connectivity index (χ0) is 23.4. The van der Waals surface area contributed by atoms with Gasteiger partial charge in [-0.15, -0.1) is 0 Å². The van der Waals surface area contributed by atoms with Gasteiger partial charge in [0, 0.05) is 44.1 Å². The van der Waals surface area contributed by atoms with Gasteiger partial charge in [0.25, 0.3) is 0 Å². The Bertz CT molecular complexity index is 1010. The smallest absolute Gasteiger partial charge is 0.246 e. The average molecular weight is 455 g/mol. The van der Waals surface area contributed by atoms with Crippen molar-refractivity contribution in [2.75, 3.05) is 50.6 Å². The van der Waals surface area contributed by atoms with Crippen molar-refractivity contribution in [1.29, 1.82) is 5.41 Å². The number of anilines is 2. The fourth-order valence-electron chi connectivity index (χ4n) is 4.17. The number of morpholine rings is 1. The SMILES string of the molecule is COC[C@H](C)Oc1ccc(N)c(C(=N)c2cc(N3CCC4(CC3)CNC(=O)CO4)ncn2)c1. The topological polar surface area (TPSA) is 136 Å². The number of aromatic nitrogens is 2. The van der Waals surface area contributed by atoms with Gasteiger partial charge in [-0.05, 0) is 38.0 Å². The number of piperidine rings is 1. The number of nitrogens with two attached hydrogens (primary N) is 1. The maximum Gasteiger partial charge on any atom is 0.246 e. The van der Waals surface area contributed by atoms with Crippen molar-refractivity contribution < 1.29 is 19.0 Å². The molecule has 10 heteroatoms. The molecule has 0 radical (unpaired) electrons. The molecule has 2 saturated heterocycles. The van der Waals surface area contributed by atoms with Gasteiger partial charge in [0.05, 0.1) is 23.6 Å². The number of nitrogens with one attached hydrogen (secondary N) is 2. The number of hydrogen-bond acceptors (Lipinski definition) is 9. The number of ether oxygens (including phenoxy) is 3. The number of amides is 1. The third kappa shape index (κ3) is 5.23. The van der Waals surface area contributed by atoms with Gasteiger partial charge >= 0.3 is 0 Å². The minimum atomic E-state index is -0.304. The van der Waals surface area contributed by atoms with E-state index in [1.165, 1.54) is 6.33 Å². The third-order valence-electron chi connectivity index (χ3n) is 6.06. The molecular formula is C23H30N6O4. The molecule has 2 aliphatic rings. The maximum absolute atomic E-state index is 11.4. The molecule has 10 nitrogen and oxygen atoms in total. The van der Waals surface area contributed by atoms with Crippen LogP contribution in [0.25, 0.3) is 0 Å². The van der Waals surface area contributed by atoms with Crippen molar-refractivity contribution in [2.45, 2.75) is 31.5 Å². The van der Waals surface area contributed by atoms with Crippen LogP contribution in [-0.4, -0.2) is 73.2 Å². The van der Waals surface area contributed by atoms with Gasteiger partial charge in [0.2, 0.25) is 5.91 Å². The van der Waals surface area contributed by atoms with E-state index in [-0.39, 0.29) is 29.9 Å². The number of hydrogen-bond donors (Lipinski definition) is 3. The lowest BCUT2D eigenvalue weighted by atomic mass is 9.90. The molecule has 0 unspecified atom stereocenters. The molecule has 0 bridgehead atoms. The molecule has 3 heterocycles. The Hall–Kier alpha value is -3.24.